The molecule has 0 aromatic carbocycles. The molecular weight excluding hydrogens is 937 g/mol. The van der Waals surface area contributed by atoms with Gasteiger partial charge in [-0.15, -0.1) is 0 Å². The summed E-state index contributed by atoms with van der Waals surface area (Å²) >= 11 is 0. The van der Waals surface area contributed by atoms with Crippen molar-refractivity contribution in [3.8, 4) is 0 Å². The fourth-order valence-corrected chi connectivity index (χ4v) is 9.16. The van der Waals surface area contributed by atoms with E-state index in [9.17, 15) is 14.4 Å². The highest BCUT2D eigenvalue weighted by atomic mass is 16.6. The number of hydrogen-bond donors (Lipinski definition) is 0. The molecule has 0 bridgehead atoms. The maximum atomic E-state index is 12.9. The van der Waals surface area contributed by atoms with E-state index in [4.69, 9.17) is 14.2 Å². The molecule has 76 heavy (non-hydrogen) atoms. The largest absolute Gasteiger partial charge is 0.462 e. The molecule has 0 aromatic rings. The lowest BCUT2D eigenvalue weighted by Crippen LogP contribution is -2.30. The standard InChI is InChI=1S/C70H122O6/c1-4-7-10-13-16-19-22-25-28-31-33-34-35-36-38-39-42-45-48-51-54-57-60-63-69(72)75-66-67(65-74-68(71)62-59-56-53-50-47-44-41-30-27-24-21-18-15-12-9-6-3)76-70(73)64-61-58-55-52-49-46-43-40-37-32-29-26-23-20-17-14-11-8-5-2/h17,20-22,24-26,29-31,33,35-36,41,67H,4-16,18-19,23,27-28,32,34,37-40,42-66H2,1-3H3/b20-17-,24-21-,25-22-,29-26-,33-31-,36-35-,41-30-. The molecule has 6 heteroatoms. The van der Waals surface area contributed by atoms with Gasteiger partial charge in [-0.25, -0.2) is 0 Å². The molecular formula is C70H122O6. The predicted molar refractivity (Wildman–Crippen MR) is 330 cm³/mol. The summed E-state index contributed by atoms with van der Waals surface area (Å²) in [5.74, 6) is -0.898. The van der Waals surface area contributed by atoms with Crippen molar-refractivity contribution in [1.82, 2.24) is 0 Å². The molecule has 0 amide bonds. The van der Waals surface area contributed by atoms with Crippen molar-refractivity contribution in [3.05, 3.63) is 85.1 Å². The van der Waals surface area contributed by atoms with Crippen LogP contribution >= 0.6 is 0 Å². The van der Waals surface area contributed by atoms with Gasteiger partial charge in [0.25, 0.3) is 0 Å². The van der Waals surface area contributed by atoms with Gasteiger partial charge in [-0.1, -0.05) is 266 Å². The second-order valence-corrected chi connectivity index (χ2v) is 21.7. The summed E-state index contributed by atoms with van der Waals surface area (Å²) in [5, 5.41) is 0. The summed E-state index contributed by atoms with van der Waals surface area (Å²) in [5.41, 5.74) is 0. The summed E-state index contributed by atoms with van der Waals surface area (Å²) in [6, 6.07) is 0. The highest BCUT2D eigenvalue weighted by molar-refractivity contribution is 5.71. The maximum Gasteiger partial charge on any atom is 0.306 e. The van der Waals surface area contributed by atoms with Crippen molar-refractivity contribution in [3.63, 3.8) is 0 Å². The second kappa shape index (κ2) is 64.1. The number of hydrogen-bond acceptors (Lipinski definition) is 6. The number of ether oxygens (including phenoxy) is 3. The first-order valence-electron chi connectivity index (χ1n) is 32.6. The van der Waals surface area contributed by atoms with Crippen molar-refractivity contribution < 1.29 is 28.6 Å². The van der Waals surface area contributed by atoms with Crippen LogP contribution in [0.4, 0.5) is 0 Å². The van der Waals surface area contributed by atoms with Crippen LogP contribution in [0.15, 0.2) is 85.1 Å². The Balaban J connectivity index is 4.40. The highest BCUT2D eigenvalue weighted by Crippen LogP contribution is 2.16. The summed E-state index contributed by atoms with van der Waals surface area (Å²) in [7, 11) is 0. The van der Waals surface area contributed by atoms with E-state index in [1.807, 2.05) is 0 Å². The number of carbonyl (C=O) groups is 3. The molecule has 0 aliphatic heterocycles. The topological polar surface area (TPSA) is 78.9 Å². The zero-order chi connectivity index (χ0) is 55.0. The van der Waals surface area contributed by atoms with E-state index in [1.165, 1.54) is 180 Å². The van der Waals surface area contributed by atoms with Gasteiger partial charge in [-0.2, -0.15) is 0 Å². The quantitative estimate of drug-likeness (QED) is 0.0261. The smallest absolute Gasteiger partial charge is 0.306 e. The van der Waals surface area contributed by atoms with Crippen LogP contribution in [0.3, 0.4) is 0 Å². The van der Waals surface area contributed by atoms with Crippen LogP contribution in [0.25, 0.3) is 0 Å². The third-order valence-electron chi connectivity index (χ3n) is 14.1. The van der Waals surface area contributed by atoms with Crippen LogP contribution in [0.1, 0.15) is 323 Å². The fraction of sp³-hybridized carbons (Fsp3) is 0.757. The summed E-state index contributed by atoms with van der Waals surface area (Å²) in [4.78, 5) is 38.4. The van der Waals surface area contributed by atoms with Gasteiger partial charge in [0.1, 0.15) is 13.2 Å². The van der Waals surface area contributed by atoms with Crippen LogP contribution < -0.4 is 0 Å². The van der Waals surface area contributed by atoms with Gasteiger partial charge < -0.3 is 14.2 Å². The molecule has 0 aliphatic carbocycles. The van der Waals surface area contributed by atoms with E-state index in [0.29, 0.717) is 19.3 Å². The van der Waals surface area contributed by atoms with Gasteiger partial charge in [-0.05, 0) is 122 Å². The Kier molecular flexibility index (Phi) is 61.2. The molecule has 0 aromatic heterocycles. The number of carbonyl (C=O) groups excluding carboxylic acids is 3. The monoisotopic (exact) mass is 1060 g/mol. The van der Waals surface area contributed by atoms with Gasteiger partial charge in [0.15, 0.2) is 6.10 Å². The molecule has 438 valence electrons. The number of unbranched alkanes of at least 4 members (excludes halogenated alkanes) is 34. The Hall–Kier alpha value is -3.41. The summed E-state index contributed by atoms with van der Waals surface area (Å²) in [6.07, 6.45) is 84.3. The Bertz CT molecular complexity index is 1450. The molecule has 0 radical (unpaired) electrons. The van der Waals surface area contributed by atoms with Crippen molar-refractivity contribution in [1.29, 1.82) is 0 Å². The van der Waals surface area contributed by atoms with Gasteiger partial charge in [0, 0.05) is 19.3 Å². The molecule has 0 fully saturated rings. The van der Waals surface area contributed by atoms with E-state index >= 15 is 0 Å². The lowest BCUT2D eigenvalue weighted by molar-refractivity contribution is -0.167. The molecule has 0 saturated carbocycles. The molecule has 1 unspecified atom stereocenters. The lowest BCUT2D eigenvalue weighted by atomic mass is 10.1. The van der Waals surface area contributed by atoms with Crippen molar-refractivity contribution >= 4 is 17.9 Å². The molecule has 0 rings (SSSR count). The Morgan fingerprint density at radius 1 is 0.263 bits per heavy atom. The molecule has 6 nitrogen and oxygen atoms in total. The second-order valence-electron chi connectivity index (χ2n) is 21.7. The minimum Gasteiger partial charge on any atom is -0.462 e. The van der Waals surface area contributed by atoms with Crippen LogP contribution in [0.2, 0.25) is 0 Å². The van der Waals surface area contributed by atoms with Crippen molar-refractivity contribution in [2.75, 3.05) is 13.2 Å². The maximum absolute atomic E-state index is 12.9. The summed E-state index contributed by atoms with van der Waals surface area (Å²) < 4.78 is 16.9. The zero-order valence-corrected chi connectivity index (χ0v) is 50.3. The minimum absolute atomic E-state index is 0.0860. The SMILES string of the molecule is CCCCC/C=C\C/C=C\CCCCCCCCCCCC(=O)OC(COC(=O)CCCCCCC/C=C\C/C=C\CCCCCC)COC(=O)CCCCCCCCCC/C=C\C/C=C\C/C=C\CCCCCCC. The third kappa shape index (κ3) is 61.4. The van der Waals surface area contributed by atoms with E-state index < -0.39 is 6.10 Å². The van der Waals surface area contributed by atoms with Gasteiger partial charge in [0.2, 0.25) is 0 Å². The number of rotatable bonds is 59. The van der Waals surface area contributed by atoms with Crippen LogP contribution in [0.5, 0.6) is 0 Å². The first-order chi connectivity index (χ1) is 37.5. The molecule has 0 aliphatic rings. The van der Waals surface area contributed by atoms with Crippen LogP contribution in [-0.4, -0.2) is 37.2 Å². The van der Waals surface area contributed by atoms with E-state index in [1.54, 1.807) is 0 Å². The first-order valence-corrected chi connectivity index (χ1v) is 32.6. The molecule has 0 N–H and O–H groups in total. The highest BCUT2D eigenvalue weighted by Gasteiger charge is 2.19. The fourth-order valence-electron chi connectivity index (χ4n) is 9.16. The molecule has 0 heterocycles. The number of esters is 3. The first kappa shape index (κ1) is 72.6. The van der Waals surface area contributed by atoms with Crippen molar-refractivity contribution in [2.24, 2.45) is 0 Å². The van der Waals surface area contributed by atoms with Gasteiger partial charge >= 0.3 is 17.9 Å². The predicted octanol–water partition coefficient (Wildman–Crippen LogP) is 22.3. The van der Waals surface area contributed by atoms with Crippen molar-refractivity contribution in [2.45, 2.75) is 329 Å². The Morgan fingerprint density at radius 3 is 0.776 bits per heavy atom. The molecule has 0 spiro atoms. The molecule has 0 saturated heterocycles. The van der Waals surface area contributed by atoms with E-state index in [-0.39, 0.29) is 31.1 Å². The lowest BCUT2D eigenvalue weighted by Gasteiger charge is -2.18. The van der Waals surface area contributed by atoms with Crippen LogP contribution in [-0.2, 0) is 28.6 Å². The molecule has 1 atom stereocenters. The van der Waals surface area contributed by atoms with E-state index in [0.717, 1.165) is 103 Å². The Morgan fingerprint density at radius 2 is 0.474 bits per heavy atom. The van der Waals surface area contributed by atoms with E-state index in [2.05, 4.69) is 106 Å². The van der Waals surface area contributed by atoms with Crippen LogP contribution in [0, 0.1) is 0 Å². The van der Waals surface area contributed by atoms with Gasteiger partial charge in [0.05, 0.1) is 0 Å². The number of allylic oxidation sites excluding steroid dienone is 14. The van der Waals surface area contributed by atoms with Gasteiger partial charge in [-0.3, -0.25) is 14.4 Å². The summed E-state index contributed by atoms with van der Waals surface area (Å²) in [6.45, 7) is 6.60. The Labute approximate surface area is 471 Å². The average molecular weight is 1060 g/mol. The zero-order valence-electron chi connectivity index (χ0n) is 50.3. The normalized spacial score (nSPS) is 12.6. The minimum atomic E-state index is -0.790. The average Bonchev–Trinajstić information content (AvgIpc) is 3.42. The third-order valence-corrected chi connectivity index (χ3v) is 14.1.